The predicted molar refractivity (Wildman–Crippen MR) is 51.2 cm³/mol. The van der Waals surface area contributed by atoms with E-state index in [0.29, 0.717) is 0 Å². The molecule has 0 spiro atoms. The van der Waals surface area contributed by atoms with Crippen molar-refractivity contribution >= 4 is 23.9 Å². The molecule has 0 aromatic heterocycles. The van der Waals surface area contributed by atoms with E-state index in [1.54, 1.807) is 0 Å². The average molecular weight is 496 g/mol. The van der Waals surface area contributed by atoms with Crippen LogP contribution in [0, 0.1) is 0 Å². The van der Waals surface area contributed by atoms with Gasteiger partial charge in [0, 0.05) is 12.4 Å². The number of rotatable bonds is 6. The van der Waals surface area contributed by atoms with Gasteiger partial charge in [-0.15, -0.1) is 0 Å². The normalized spacial score (nSPS) is 12.9. The number of carbonyl (C=O) groups excluding carboxylic acids is 2. The maximum Gasteiger partial charge on any atom is 1.00 e. The zero-order chi connectivity index (χ0) is 15.8. The minimum absolute atomic E-state index is 0. The van der Waals surface area contributed by atoms with Crippen molar-refractivity contribution in [3.05, 3.63) is 0 Å². The van der Waals surface area contributed by atoms with E-state index in [1.165, 1.54) is 0 Å². The standard InChI is InChI=1S/C6H8O7.C3H6O3.2Ag/c7-3(8)1-6(13,5(11)12)2-4(9)10;1-2(4)3(5)6;;/h13H,1-2H2,(H,7,8)(H,9,10)(H,11,12);2,4H,1H3,(H,5,6);;/q;;2*+1/p-2. The van der Waals surface area contributed by atoms with E-state index in [9.17, 15) is 29.4 Å². The van der Waals surface area contributed by atoms with Crippen molar-refractivity contribution in [1.82, 2.24) is 0 Å². The van der Waals surface area contributed by atoms with Gasteiger partial charge in [-0.3, -0.25) is 4.79 Å². The van der Waals surface area contributed by atoms with Crippen molar-refractivity contribution in [3.63, 3.8) is 0 Å². The molecule has 0 rings (SSSR count). The van der Waals surface area contributed by atoms with E-state index in [-0.39, 0.29) is 44.8 Å². The molecule has 2 atom stereocenters. The van der Waals surface area contributed by atoms with E-state index in [0.717, 1.165) is 6.92 Å². The Balaban J connectivity index is -0.000000156. The van der Waals surface area contributed by atoms with Crippen LogP contribution in [0.5, 0.6) is 0 Å². The first kappa shape index (κ1) is 28.4. The molecule has 0 aliphatic rings. The zero-order valence-corrected chi connectivity index (χ0v) is 13.3. The number of aliphatic hydroxyl groups is 2. The summed E-state index contributed by atoms with van der Waals surface area (Å²) in [6.45, 7) is 1.13. The fourth-order valence-corrected chi connectivity index (χ4v) is 0.703. The molecular formula is C9H12Ag2O10. The van der Waals surface area contributed by atoms with E-state index < -0.39 is 48.4 Å². The van der Waals surface area contributed by atoms with Gasteiger partial charge in [0.1, 0.15) is 0 Å². The van der Waals surface area contributed by atoms with Crippen LogP contribution in [0.15, 0.2) is 0 Å². The summed E-state index contributed by atoms with van der Waals surface area (Å²) < 4.78 is 0. The second-order valence-corrected chi connectivity index (χ2v) is 3.45. The summed E-state index contributed by atoms with van der Waals surface area (Å²) in [5.74, 6) is -6.77. The molecule has 12 heteroatoms. The van der Waals surface area contributed by atoms with Crippen molar-refractivity contribution in [3.8, 4) is 0 Å². The van der Waals surface area contributed by atoms with Gasteiger partial charge in [-0.2, -0.15) is 0 Å². The summed E-state index contributed by atoms with van der Waals surface area (Å²) in [7, 11) is 0. The molecule has 2 unspecified atom stereocenters. The van der Waals surface area contributed by atoms with Gasteiger partial charge in [0.05, 0.1) is 18.5 Å². The number of hydrogen-bond acceptors (Lipinski definition) is 8. The monoisotopic (exact) mass is 494 g/mol. The van der Waals surface area contributed by atoms with E-state index >= 15 is 0 Å². The predicted octanol–water partition coefficient (Wildman–Crippen LogP) is -4.47. The minimum atomic E-state index is -2.80. The van der Waals surface area contributed by atoms with Gasteiger partial charge in [0.15, 0.2) is 5.60 Å². The Morgan fingerprint density at radius 2 is 1.38 bits per heavy atom. The van der Waals surface area contributed by atoms with Crippen LogP contribution >= 0.6 is 0 Å². The number of carbonyl (C=O) groups is 4. The third-order valence-corrected chi connectivity index (χ3v) is 1.62. The van der Waals surface area contributed by atoms with Gasteiger partial charge >= 0.3 is 56.7 Å². The van der Waals surface area contributed by atoms with Gasteiger partial charge < -0.3 is 40.2 Å². The molecule has 0 aromatic carbocycles. The Morgan fingerprint density at radius 1 is 1.05 bits per heavy atom. The quantitative estimate of drug-likeness (QED) is 0.261. The van der Waals surface area contributed by atoms with Crippen LogP contribution in [-0.2, 0) is 63.9 Å². The third-order valence-electron chi connectivity index (χ3n) is 1.62. The van der Waals surface area contributed by atoms with Gasteiger partial charge in [-0.25, -0.2) is 4.79 Å². The van der Waals surface area contributed by atoms with Crippen LogP contribution in [0.1, 0.15) is 19.8 Å². The number of aliphatic hydroxyl groups excluding tert-OH is 1. The fourth-order valence-electron chi connectivity index (χ4n) is 0.703. The summed E-state index contributed by atoms with van der Waals surface area (Å²) in [5.41, 5.74) is -2.80. The summed E-state index contributed by atoms with van der Waals surface area (Å²) in [6, 6.07) is 0. The zero-order valence-electron chi connectivity index (χ0n) is 10.3. The molecule has 0 aromatic rings. The summed E-state index contributed by atoms with van der Waals surface area (Å²) in [6.07, 6.45) is -3.78. The SMILES string of the molecule is CC(O)C(=O)[O-].O=C([O-])CC(O)(CC(=O)O)C(=O)O.[Ag+].[Ag+]. The fraction of sp³-hybridized carbons (Fsp3) is 0.556. The number of hydrogen-bond donors (Lipinski definition) is 4. The Morgan fingerprint density at radius 3 is 1.52 bits per heavy atom. The van der Waals surface area contributed by atoms with Gasteiger partial charge in [0.2, 0.25) is 0 Å². The molecular weight excluding hydrogens is 484 g/mol. The van der Waals surface area contributed by atoms with Crippen molar-refractivity contribution in [1.29, 1.82) is 0 Å². The van der Waals surface area contributed by atoms with E-state index in [1.807, 2.05) is 0 Å². The molecule has 0 bridgehead atoms. The second kappa shape index (κ2) is 13.0. The molecule has 0 fully saturated rings. The van der Waals surface area contributed by atoms with Crippen LogP contribution in [0.2, 0.25) is 0 Å². The molecule has 0 heterocycles. The third kappa shape index (κ3) is 15.5. The number of carboxylic acids is 4. The molecule has 0 radical (unpaired) electrons. The molecule has 130 valence electrons. The molecule has 0 amide bonds. The largest absolute Gasteiger partial charge is 1.00 e. The van der Waals surface area contributed by atoms with Gasteiger partial charge in [-0.1, -0.05) is 0 Å². The maximum atomic E-state index is 10.3. The first-order chi connectivity index (χ1) is 8.42. The molecule has 0 aliphatic carbocycles. The van der Waals surface area contributed by atoms with Crippen LogP contribution in [0.3, 0.4) is 0 Å². The maximum absolute atomic E-state index is 10.3. The number of aliphatic carboxylic acids is 4. The summed E-state index contributed by atoms with van der Waals surface area (Å²) >= 11 is 0. The van der Waals surface area contributed by atoms with Crippen molar-refractivity contribution in [2.45, 2.75) is 31.5 Å². The first-order valence-electron chi connectivity index (χ1n) is 4.68. The first-order valence-corrected chi connectivity index (χ1v) is 4.68. The Hall–Kier alpha value is -0.719. The Labute approximate surface area is 149 Å². The minimum Gasteiger partial charge on any atom is -0.550 e. The Kier molecular flexibility index (Phi) is 17.6. The van der Waals surface area contributed by atoms with E-state index in [4.69, 9.17) is 20.4 Å². The Bertz CT molecular complexity index is 352. The second-order valence-electron chi connectivity index (χ2n) is 3.45. The topological polar surface area (TPSA) is 195 Å². The average Bonchev–Trinajstić information content (AvgIpc) is 2.14. The van der Waals surface area contributed by atoms with Crippen molar-refractivity contribution < 1.29 is 94.6 Å². The molecule has 4 N–H and O–H groups in total. The summed E-state index contributed by atoms with van der Waals surface area (Å²) in [5, 5.41) is 52.8. The van der Waals surface area contributed by atoms with Crippen LogP contribution < -0.4 is 10.2 Å². The van der Waals surface area contributed by atoms with Crippen LogP contribution in [0.25, 0.3) is 0 Å². The smallest absolute Gasteiger partial charge is 0.550 e. The van der Waals surface area contributed by atoms with Crippen molar-refractivity contribution in [2.75, 3.05) is 0 Å². The van der Waals surface area contributed by atoms with E-state index in [2.05, 4.69) is 0 Å². The molecule has 0 saturated carbocycles. The molecule has 10 nitrogen and oxygen atoms in total. The van der Waals surface area contributed by atoms with Gasteiger partial charge in [-0.05, 0) is 6.92 Å². The molecule has 0 aliphatic heterocycles. The molecule has 21 heavy (non-hydrogen) atoms. The van der Waals surface area contributed by atoms with Crippen molar-refractivity contribution in [2.24, 2.45) is 0 Å². The summed E-state index contributed by atoms with van der Waals surface area (Å²) in [4.78, 5) is 39.7. The van der Waals surface area contributed by atoms with Gasteiger partial charge in [0.25, 0.3) is 0 Å². The van der Waals surface area contributed by atoms with Crippen LogP contribution in [0.4, 0.5) is 0 Å². The molecule has 0 saturated heterocycles. The van der Waals surface area contributed by atoms with Crippen LogP contribution in [-0.4, -0.2) is 56.0 Å². The number of carboxylic acid groups (broad SMARTS) is 4.